The molecule has 0 spiro atoms. The Morgan fingerprint density at radius 2 is 2.09 bits per heavy atom. The smallest absolute Gasteiger partial charge is 0.339 e. The van der Waals surface area contributed by atoms with Crippen molar-refractivity contribution in [2.75, 3.05) is 31.2 Å². The van der Waals surface area contributed by atoms with Crippen LogP contribution in [0.3, 0.4) is 0 Å². The van der Waals surface area contributed by atoms with E-state index in [4.69, 9.17) is 16.3 Å². The number of ether oxygens (including phenoxy) is 1. The van der Waals surface area contributed by atoms with Crippen molar-refractivity contribution in [3.8, 4) is 11.3 Å². The molecule has 1 fully saturated rings. The van der Waals surface area contributed by atoms with Crippen LogP contribution in [0.1, 0.15) is 10.4 Å². The molecule has 3 rings (SSSR count). The quantitative estimate of drug-likeness (QED) is 0.927. The van der Waals surface area contributed by atoms with Crippen LogP contribution in [0.25, 0.3) is 11.3 Å². The zero-order valence-corrected chi connectivity index (χ0v) is 12.8. The van der Waals surface area contributed by atoms with Crippen molar-refractivity contribution in [1.82, 2.24) is 9.97 Å². The number of morpholine rings is 1. The van der Waals surface area contributed by atoms with E-state index >= 15 is 0 Å². The predicted octanol–water partition coefficient (Wildman–Crippen LogP) is 2.47. The molecular formula is C15H13ClFN3O3. The number of hydrogen-bond acceptors (Lipinski definition) is 5. The number of anilines is 1. The predicted molar refractivity (Wildman–Crippen MR) is 82.4 cm³/mol. The second kappa shape index (κ2) is 6.47. The third-order valence-electron chi connectivity index (χ3n) is 3.49. The molecule has 0 atom stereocenters. The fourth-order valence-electron chi connectivity index (χ4n) is 2.33. The van der Waals surface area contributed by atoms with Gasteiger partial charge in [0.25, 0.3) is 0 Å². The van der Waals surface area contributed by atoms with E-state index in [1.807, 2.05) is 4.90 Å². The molecule has 0 unspecified atom stereocenters. The maximum atomic E-state index is 13.2. The second-order valence-corrected chi connectivity index (χ2v) is 5.37. The number of carboxylic acid groups (broad SMARTS) is 1. The highest BCUT2D eigenvalue weighted by atomic mass is 35.5. The van der Waals surface area contributed by atoms with Crippen molar-refractivity contribution in [2.45, 2.75) is 0 Å². The first-order valence-electron chi connectivity index (χ1n) is 6.94. The lowest BCUT2D eigenvalue weighted by Crippen LogP contribution is -2.37. The van der Waals surface area contributed by atoms with Crippen LogP contribution in [0.5, 0.6) is 0 Å². The molecule has 1 saturated heterocycles. The van der Waals surface area contributed by atoms with Gasteiger partial charge >= 0.3 is 5.97 Å². The van der Waals surface area contributed by atoms with Crippen LogP contribution < -0.4 is 4.90 Å². The summed E-state index contributed by atoms with van der Waals surface area (Å²) in [5, 5.41) is 9.44. The number of aromatic nitrogens is 2. The van der Waals surface area contributed by atoms with E-state index in [2.05, 4.69) is 9.97 Å². The molecule has 0 saturated carbocycles. The fraction of sp³-hybridized carbons (Fsp3) is 0.267. The molecule has 2 aromatic rings. The van der Waals surface area contributed by atoms with Crippen LogP contribution >= 0.6 is 11.6 Å². The van der Waals surface area contributed by atoms with Crippen LogP contribution in [0.4, 0.5) is 10.3 Å². The minimum absolute atomic E-state index is 0.0875. The summed E-state index contributed by atoms with van der Waals surface area (Å²) in [6.07, 6.45) is 1.25. The summed E-state index contributed by atoms with van der Waals surface area (Å²) in [6, 6.07) is 3.75. The molecule has 1 aliphatic rings. The second-order valence-electron chi connectivity index (χ2n) is 4.96. The van der Waals surface area contributed by atoms with Crippen molar-refractivity contribution in [2.24, 2.45) is 0 Å². The summed E-state index contributed by atoms with van der Waals surface area (Å²) in [5.41, 5.74) is 0.428. The van der Waals surface area contributed by atoms with Gasteiger partial charge in [-0.05, 0) is 18.2 Å². The summed E-state index contributed by atoms with van der Waals surface area (Å²) in [6.45, 7) is 2.33. The van der Waals surface area contributed by atoms with Crippen molar-refractivity contribution in [3.05, 3.63) is 40.8 Å². The largest absolute Gasteiger partial charge is 0.478 e. The molecule has 0 aliphatic carbocycles. The lowest BCUT2D eigenvalue weighted by atomic mass is 10.1. The van der Waals surface area contributed by atoms with E-state index in [0.717, 1.165) is 6.07 Å². The average Bonchev–Trinajstić information content (AvgIpc) is 2.55. The summed E-state index contributed by atoms with van der Waals surface area (Å²) in [7, 11) is 0. The standard InChI is InChI=1S/C15H13ClFN3O3/c16-12-7-9(17)1-2-10(12)13-11(14(21)22)8-18-15(19-13)20-3-5-23-6-4-20/h1-2,7-8H,3-6H2,(H,21,22). The number of rotatable bonds is 3. The first-order valence-corrected chi connectivity index (χ1v) is 7.32. The van der Waals surface area contributed by atoms with Crippen molar-refractivity contribution >= 4 is 23.5 Å². The number of carbonyl (C=O) groups is 1. The van der Waals surface area contributed by atoms with Gasteiger partial charge in [-0.1, -0.05) is 11.6 Å². The zero-order valence-electron chi connectivity index (χ0n) is 12.0. The van der Waals surface area contributed by atoms with Crippen LogP contribution in [-0.4, -0.2) is 47.3 Å². The van der Waals surface area contributed by atoms with E-state index in [1.165, 1.54) is 18.3 Å². The van der Waals surface area contributed by atoms with Gasteiger partial charge in [0.1, 0.15) is 11.4 Å². The van der Waals surface area contributed by atoms with Crippen molar-refractivity contribution < 1.29 is 19.0 Å². The Kier molecular flexibility index (Phi) is 4.40. The Morgan fingerprint density at radius 1 is 1.35 bits per heavy atom. The maximum Gasteiger partial charge on any atom is 0.339 e. The lowest BCUT2D eigenvalue weighted by Gasteiger charge is -2.27. The monoisotopic (exact) mass is 337 g/mol. The number of hydrogen-bond donors (Lipinski definition) is 1. The molecule has 1 aliphatic heterocycles. The molecule has 2 heterocycles. The highest BCUT2D eigenvalue weighted by Crippen LogP contribution is 2.30. The Labute approximate surface area is 136 Å². The summed E-state index contributed by atoms with van der Waals surface area (Å²) >= 11 is 6.05. The highest BCUT2D eigenvalue weighted by Gasteiger charge is 2.21. The number of halogens is 2. The molecule has 23 heavy (non-hydrogen) atoms. The highest BCUT2D eigenvalue weighted by molar-refractivity contribution is 6.33. The van der Waals surface area contributed by atoms with Gasteiger partial charge in [-0.2, -0.15) is 0 Å². The molecule has 120 valence electrons. The summed E-state index contributed by atoms with van der Waals surface area (Å²) in [5.74, 6) is -1.28. The van der Waals surface area contributed by atoms with Crippen molar-refractivity contribution in [3.63, 3.8) is 0 Å². The van der Waals surface area contributed by atoms with E-state index in [0.29, 0.717) is 37.8 Å². The molecular weight excluding hydrogens is 325 g/mol. The van der Waals surface area contributed by atoms with Gasteiger partial charge < -0.3 is 14.7 Å². The first kappa shape index (κ1) is 15.6. The third kappa shape index (κ3) is 3.25. The number of carboxylic acids is 1. The number of nitrogens with zero attached hydrogens (tertiary/aromatic N) is 3. The Hall–Kier alpha value is -2.25. The fourth-order valence-corrected chi connectivity index (χ4v) is 2.59. The molecule has 1 aromatic heterocycles. The molecule has 8 heteroatoms. The van der Waals surface area contributed by atoms with Gasteiger partial charge in [-0.25, -0.2) is 19.2 Å². The van der Waals surface area contributed by atoms with Gasteiger partial charge in [0.2, 0.25) is 5.95 Å². The normalized spacial score (nSPS) is 14.8. The topological polar surface area (TPSA) is 75.5 Å². The summed E-state index contributed by atoms with van der Waals surface area (Å²) in [4.78, 5) is 21.8. The average molecular weight is 338 g/mol. The van der Waals surface area contributed by atoms with E-state index in [9.17, 15) is 14.3 Å². The van der Waals surface area contributed by atoms with Crippen LogP contribution in [0.15, 0.2) is 24.4 Å². The Bertz CT molecular complexity index is 751. The first-order chi connectivity index (χ1) is 11.1. The molecule has 1 aromatic carbocycles. The number of benzene rings is 1. The Balaban J connectivity index is 2.09. The van der Waals surface area contributed by atoms with E-state index in [-0.39, 0.29) is 16.3 Å². The molecule has 0 radical (unpaired) electrons. The zero-order chi connectivity index (χ0) is 16.4. The number of aromatic carboxylic acids is 1. The van der Waals surface area contributed by atoms with Gasteiger partial charge in [0, 0.05) is 24.8 Å². The Morgan fingerprint density at radius 3 is 2.74 bits per heavy atom. The van der Waals surface area contributed by atoms with E-state index in [1.54, 1.807) is 0 Å². The molecule has 0 amide bonds. The van der Waals surface area contributed by atoms with Crippen LogP contribution in [0.2, 0.25) is 5.02 Å². The van der Waals surface area contributed by atoms with Crippen LogP contribution in [-0.2, 0) is 4.74 Å². The lowest BCUT2D eigenvalue weighted by molar-refractivity contribution is 0.0697. The summed E-state index contributed by atoms with van der Waals surface area (Å²) < 4.78 is 18.5. The van der Waals surface area contributed by atoms with Gasteiger partial charge in [-0.15, -0.1) is 0 Å². The molecule has 0 bridgehead atoms. The van der Waals surface area contributed by atoms with Gasteiger partial charge in [0.15, 0.2) is 0 Å². The maximum absolute atomic E-state index is 13.2. The van der Waals surface area contributed by atoms with Gasteiger partial charge in [0.05, 0.1) is 23.9 Å². The minimum Gasteiger partial charge on any atom is -0.478 e. The van der Waals surface area contributed by atoms with E-state index < -0.39 is 11.8 Å². The van der Waals surface area contributed by atoms with Crippen molar-refractivity contribution in [1.29, 1.82) is 0 Å². The molecule has 6 nitrogen and oxygen atoms in total. The van der Waals surface area contributed by atoms with Gasteiger partial charge in [-0.3, -0.25) is 0 Å². The minimum atomic E-state index is -1.17. The molecule has 1 N–H and O–H groups in total. The van der Waals surface area contributed by atoms with Crippen LogP contribution in [0, 0.1) is 5.82 Å². The third-order valence-corrected chi connectivity index (χ3v) is 3.80. The SMILES string of the molecule is O=C(O)c1cnc(N2CCOCC2)nc1-c1ccc(F)cc1Cl.